The summed E-state index contributed by atoms with van der Waals surface area (Å²) in [6.07, 6.45) is 0. The molecule has 0 unspecified atom stereocenters. The smallest absolute Gasteiger partial charge is 0.254 e. The van der Waals surface area contributed by atoms with Crippen molar-refractivity contribution in [2.45, 2.75) is 13.5 Å². The van der Waals surface area contributed by atoms with Crippen LogP contribution in [0, 0.1) is 0 Å². The summed E-state index contributed by atoms with van der Waals surface area (Å²) in [6, 6.07) is 14.4. The van der Waals surface area contributed by atoms with Crippen LogP contribution in [0.25, 0.3) is 0 Å². The van der Waals surface area contributed by atoms with Crippen LogP contribution in [-0.4, -0.2) is 44.0 Å². The molecule has 0 atom stereocenters. The lowest BCUT2D eigenvalue weighted by atomic mass is 10.1. The molecule has 1 N–H and O–H groups in total. The van der Waals surface area contributed by atoms with Crippen LogP contribution in [0.5, 0.6) is 5.75 Å². The van der Waals surface area contributed by atoms with Crippen LogP contribution in [-0.2, 0) is 16.1 Å². The van der Waals surface area contributed by atoms with Gasteiger partial charge in [0.15, 0.2) is 0 Å². The van der Waals surface area contributed by atoms with Gasteiger partial charge in [0, 0.05) is 19.2 Å². The Morgan fingerprint density at radius 3 is 2.54 bits per heavy atom. The van der Waals surface area contributed by atoms with Crippen LogP contribution in [0.3, 0.4) is 0 Å². The number of hydrogen-bond donors (Lipinski definition) is 1. The Morgan fingerprint density at radius 1 is 1.08 bits per heavy atom. The number of rotatable bonds is 8. The quantitative estimate of drug-likeness (QED) is 0.790. The van der Waals surface area contributed by atoms with Gasteiger partial charge in [-0.05, 0) is 36.8 Å². The predicted molar refractivity (Wildman–Crippen MR) is 100 cm³/mol. The number of nitrogens with zero attached hydrogens (tertiary/aromatic N) is 1. The number of carbonyl (C=O) groups excluding carboxylic acids is 2. The topological polar surface area (TPSA) is 67.9 Å². The number of anilines is 1. The molecule has 2 rings (SSSR count). The second-order valence-electron chi connectivity index (χ2n) is 5.70. The molecule has 0 aliphatic rings. The summed E-state index contributed by atoms with van der Waals surface area (Å²) >= 11 is 0. The second-order valence-corrected chi connectivity index (χ2v) is 5.70. The van der Waals surface area contributed by atoms with E-state index in [2.05, 4.69) is 5.32 Å². The molecule has 0 bridgehead atoms. The van der Waals surface area contributed by atoms with Crippen molar-refractivity contribution in [2.24, 2.45) is 0 Å². The molecule has 0 fully saturated rings. The Balaban J connectivity index is 2.07. The molecule has 0 saturated heterocycles. The Labute approximate surface area is 153 Å². The summed E-state index contributed by atoms with van der Waals surface area (Å²) in [5.41, 5.74) is 2.02. The summed E-state index contributed by atoms with van der Waals surface area (Å²) in [4.78, 5) is 26.6. The van der Waals surface area contributed by atoms with Crippen LogP contribution in [0.2, 0.25) is 0 Å². The van der Waals surface area contributed by atoms with Gasteiger partial charge in [0.2, 0.25) is 5.91 Å². The molecule has 6 heteroatoms. The van der Waals surface area contributed by atoms with Crippen molar-refractivity contribution in [1.82, 2.24) is 4.90 Å². The van der Waals surface area contributed by atoms with Gasteiger partial charge < -0.3 is 19.7 Å². The first kappa shape index (κ1) is 19.5. The molecule has 2 aromatic rings. The highest BCUT2D eigenvalue weighted by atomic mass is 16.5. The summed E-state index contributed by atoms with van der Waals surface area (Å²) in [5, 5.41) is 2.79. The molecule has 2 amide bonds. The molecule has 0 radical (unpaired) electrons. The Hall–Kier alpha value is -2.86. The van der Waals surface area contributed by atoms with Crippen molar-refractivity contribution in [3.05, 3.63) is 59.7 Å². The minimum Gasteiger partial charge on any atom is -0.495 e. The van der Waals surface area contributed by atoms with Gasteiger partial charge in [0.05, 0.1) is 19.4 Å². The number of likely N-dealkylation sites (N-methyl/N-ethyl adjacent to an activating group) is 1. The third-order valence-corrected chi connectivity index (χ3v) is 3.87. The van der Waals surface area contributed by atoms with E-state index in [0.29, 0.717) is 30.2 Å². The van der Waals surface area contributed by atoms with E-state index in [0.717, 1.165) is 5.56 Å². The van der Waals surface area contributed by atoms with Crippen molar-refractivity contribution < 1.29 is 19.1 Å². The molecule has 26 heavy (non-hydrogen) atoms. The highest BCUT2D eigenvalue weighted by Crippen LogP contribution is 2.22. The monoisotopic (exact) mass is 356 g/mol. The maximum Gasteiger partial charge on any atom is 0.254 e. The fourth-order valence-corrected chi connectivity index (χ4v) is 2.58. The van der Waals surface area contributed by atoms with Crippen molar-refractivity contribution in [1.29, 1.82) is 0 Å². The number of carbonyl (C=O) groups is 2. The Bertz CT molecular complexity index is 761. The lowest BCUT2D eigenvalue weighted by molar-refractivity contribution is -0.116. The second kappa shape index (κ2) is 9.58. The van der Waals surface area contributed by atoms with Gasteiger partial charge in [-0.25, -0.2) is 0 Å². The lowest BCUT2D eigenvalue weighted by Crippen LogP contribution is -2.38. The summed E-state index contributed by atoms with van der Waals surface area (Å²) in [7, 11) is 3.15. The minimum atomic E-state index is -0.280. The van der Waals surface area contributed by atoms with Gasteiger partial charge in [-0.3, -0.25) is 9.59 Å². The van der Waals surface area contributed by atoms with Gasteiger partial charge in [0.1, 0.15) is 12.3 Å². The molecule has 0 aliphatic heterocycles. The summed E-state index contributed by atoms with van der Waals surface area (Å²) in [6.45, 7) is 2.66. The van der Waals surface area contributed by atoms with E-state index in [1.54, 1.807) is 38.5 Å². The first-order chi connectivity index (χ1) is 12.6. The van der Waals surface area contributed by atoms with Gasteiger partial charge in [-0.15, -0.1) is 0 Å². The fourth-order valence-electron chi connectivity index (χ4n) is 2.58. The molecule has 0 heterocycles. The van der Waals surface area contributed by atoms with Crippen LogP contribution in [0.1, 0.15) is 22.8 Å². The molecule has 0 aliphatic carbocycles. The van der Waals surface area contributed by atoms with E-state index in [4.69, 9.17) is 9.47 Å². The van der Waals surface area contributed by atoms with Crippen LogP contribution < -0.4 is 10.1 Å². The first-order valence-electron chi connectivity index (χ1n) is 8.39. The maximum absolute atomic E-state index is 12.7. The summed E-state index contributed by atoms with van der Waals surface area (Å²) in [5.74, 6) is 0.0980. The van der Waals surface area contributed by atoms with Gasteiger partial charge in [0.25, 0.3) is 5.91 Å². The summed E-state index contributed by atoms with van der Waals surface area (Å²) < 4.78 is 10.3. The number of benzene rings is 2. The molecule has 6 nitrogen and oxygen atoms in total. The minimum absolute atomic E-state index is 0.0398. The van der Waals surface area contributed by atoms with Crippen LogP contribution in [0.4, 0.5) is 5.69 Å². The van der Waals surface area contributed by atoms with E-state index < -0.39 is 0 Å². The third-order valence-electron chi connectivity index (χ3n) is 3.87. The average molecular weight is 356 g/mol. The number of hydrogen-bond acceptors (Lipinski definition) is 4. The van der Waals surface area contributed by atoms with E-state index in [9.17, 15) is 9.59 Å². The number of nitrogens with one attached hydrogen (secondary N) is 1. The molecule has 2 aromatic carbocycles. The molecule has 0 aromatic heterocycles. The highest BCUT2D eigenvalue weighted by molar-refractivity contribution is 5.99. The fraction of sp³-hybridized carbons (Fsp3) is 0.300. The SMILES string of the molecule is CCN(CC(=O)Nc1ccccc1OC)C(=O)c1cccc(COC)c1. The molecular weight excluding hydrogens is 332 g/mol. The van der Waals surface area contributed by atoms with Gasteiger partial charge >= 0.3 is 0 Å². The Morgan fingerprint density at radius 2 is 1.85 bits per heavy atom. The van der Waals surface area contributed by atoms with Crippen LogP contribution >= 0.6 is 0 Å². The van der Waals surface area contributed by atoms with Gasteiger partial charge in [-0.2, -0.15) is 0 Å². The molecular formula is C20H24N2O4. The number of amides is 2. The third kappa shape index (κ3) is 5.07. The molecule has 0 saturated carbocycles. The van der Waals surface area contributed by atoms with E-state index in [1.165, 1.54) is 4.90 Å². The molecule has 0 spiro atoms. The average Bonchev–Trinajstić information content (AvgIpc) is 2.66. The maximum atomic E-state index is 12.7. The zero-order valence-electron chi connectivity index (χ0n) is 15.3. The van der Waals surface area contributed by atoms with Crippen molar-refractivity contribution in [3.63, 3.8) is 0 Å². The van der Waals surface area contributed by atoms with E-state index >= 15 is 0 Å². The van der Waals surface area contributed by atoms with E-state index in [1.807, 2.05) is 31.2 Å². The van der Waals surface area contributed by atoms with E-state index in [-0.39, 0.29) is 18.4 Å². The number of ether oxygens (including phenoxy) is 2. The lowest BCUT2D eigenvalue weighted by Gasteiger charge is -2.21. The van der Waals surface area contributed by atoms with Crippen molar-refractivity contribution in [2.75, 3.05) is 32.6 Å². The van der Waals surface area contributed by atoms with Crippen LogP contribution in [0.15, 0.2) is 48.5 Å². The first-order valence-corrected chi connectivity index (χ1v) is 8.39. The van der Waals surface area contributed by atoms with Crippen molar-refractivity contribution >= 4 is 17.5 Å². The van der Waals surface area contributed by atoms with Gasteiger partial charge in [-0.1, -0.05) is 24.3 Å². The standard InChI is InChI=1S/C20H24N2O4/c1-4-22(20(24)16-9-7-8-15(12-16)14-25-2)13-19(23)21-17-10-5-6-11-18(17)26-3/h5-12H,4,13-14H2,1-3H3,(H,21,23). The van der Waals surface area contributed by atoms with Crippen molar-refractivity contribution in [3.8, 4) is 5.75 Å². The Kier molecular flexibility index (Phi) is 7.17. The highest BCUT2D eigenvalue weighted by Gasteiger charge is 2.18. The normalized spacial score (nSPS) is 10.3. The zero-order valence-corrected chi connectivity index (χ0v) is 15.3. The number of para-hydroxylation sites is 2. The zero-order chi connectivity index (χ0) is 18.9. The number of methoxy groups -OCH3 is 2. The largest absolute Gasteiger partial charge is 0.495 e. The predicted octanol–water partition coefficient (Wildman–Crippen LogP) is 2.94. The molecule has 138 valence electrons.